The van der Waals surface area contributed by atoms with E-state index in [1.54, 1.807) is 0 Å². The van der Waals surface area contributed by atoms with Crippen LogP contribution in [0.5, 0.6) is 0 Å². The molecule has 1 atom stereocenters. The van der Waals surface area contributed by atoms with E-state index in [2.05, 4.69) is 209 Å². The Morgan fingerprint density at radius 3 is 1.88 bits per heavy atom. The number of nitrogens with zero attached hydrogens (tertiary/aromatic N) is 2. The van der Waals surface area contributed by atoms with Crippen LogP contribution in [0.25, 0.3) is 0 Å². The fourth-order valence-electron chi connectivity index (χ4n) is 7.10. The van der Waals surface area contributed by atoms with E-state index in [0.29, 0.717) is 0 Å². The first-order valence-electron chi connectivity index (χ1n) is 17.3. The Balaban J connectivity index is 0.000000195. The van der Waals surface area contributed by atoms with Gasteiger partial charge >= 0.3 is 184 Å². The third-order valence-electron chi connectivity index (χ3n) is 9.55. The third-order valence-corrected chi connectivity index (χ3v) is 11.8. The molecule has 0 aliphatic carbocycles. The van der Waals surface area contributed by atoms with Crippen molar-refractivity contribution >= 4 is 57.5 Å². The number of halogens is 3. The van der Waals surface area contributed by atoms with Crippen molar-refractivity contribution in [3.63, 3.8) is 0 Å². The molecule has 6 rings (SSSR count). The molecule has 0 amide bonds. The molecule has 5 aromatic rings. The summed E-state index contributed by atoms with van der Waals surface area (Å²) in [6.07, 6.45) is 3.28. The summed E-state index contributed by atoms with van der Waals surface area (Å²) < 4.78 is 4.34. The molecule has 0 aromatic heterocycles. The Kier molecular flexibility index (Phi) is 13.8. The zero-order valence-electron chi connectivity index (χ0n) is 29.6. The van der Waals surface area contributed by atoms with E-state index in [1.807, 2.05) is 0 Å². The summed E-state index contributed by atoms with van der Waals surface area (Å²) in [7, 11) is 6.03. The summed E-state index contributed by atoms with van der Waals surface area (Å²) >= 11 is 6.80. The zero-order valence-corrected chi connectivity index (χ0v) is 35.3. The SMILES string of the molecule is CCc1cccc(CC)c1N1[CH-]C(C)(c2ccccc2)CC1(C)C.[Cl][Ru]=[CH]c1ccccc1CN(Cc1ccc(Br)cc1)c1ccc(Br)cc1. The molecule has 1 aliphatic rings. The van der Waals surface area contributed by atoms with Crippen molar-refractivity contribution < 1.29 is 15.7 Å². The van der Waals surface area contributed by atoms with Gasteiger partial charge in [-0.05, 0) is 44.2 Å². The van der Waals surface area contributed by atoms with Crippen LogP contribution in [0.15, 0.2) is 130 Å². The van der Waals surface area contributed by atoms with Crippen LogP contribution in [0.2, 0.25) is 0 Å². The van der Waals surface area contributed by atoms with Gasteiger partial charge in [-0.25, -0.2) is 6.54 Å². The van der Waals surface area contributed by atoms with Gasteiger partial charge in [-0.1, -0.05) is 74.9 Å². The van der Waals surface area contributed by atoms with Gasteiger partial charge < -0.3 is 4.90 Å². The standard InChI is InChI=1S/C23H30N.C21H17Br2N.ClH.Ru/c1-6-18-12-11-13-19(7-2)21(18)24-17-23(5,16-22(24,3)4)20-14-9-8-10-15-20;1-16-4-2-3-5-18(16)15-24(21-12-10-20(23)11-13-21)14-17-6-8-19(22)9-7-17;;/h8-15,17H,6-7,16H2,1-5H3;1-13H,14-15H2;1H;/q-1;;;+1/p-1. The van der Waals surface area contributed by atoms with Gasteiger partial charge in [0, 0.05) is 11.2 Å². The van der Waals surface area contributed by atoms with E-state index in [9.17, 15) is 0 Å². The number of anilines is 2. The third kappa shape index (κ3) is 9.65. The molecule has 50 heavy (non-hydrogen) atoms. The Labute approximate surface area is 328 Å². The predicted octanol–water partition coefficient (Wildman–Crippen LogP) is 12.7. The summed E-state index contributed by atoms with van der Waals surface area (Å²) in [5.41, 5.74) is 11.0. The molecule has 6 heteroatoms. The topological polar surface area (TPSA) is 6.48 Å². The van der Waals surface area contributed by atoms with Gasteiger partial charge in [0.15, 0.2) is 0 Å². The van der Waals surface area contributed by atoms with Crippen molar-refractivity contribution in [2.75, 3.05) is 9.80 Å². The normalized spacial score (nSPS) is 16.8. The number of hydrogen-bond donors (Lipinski definition) is 0. The predicted molar refractivity (Wildman–Crippen MR) is 220 cm³/mol. The van der Waals surface area contributed by atoms with Crippen molar-refractivity contribution in [2.24, 2.45) is 0 Å². The Morgan fingerprint density at radius 1 is 0.720 bits per heavy atom. The minimum absolute atomic E-state index is 0.0800. The van der Waals surface area contributed by atoms with Crippen LogP contribution < -0.4 is 9.80 Å². The second-order valence-electron chi connectivity index (χ2n) is 13.7. The molecular weight excluding hydrogens is 853 g/mol. The van der Waals surface area contributed by atoms with E-state index in [-0.39, 0.29) is 26.6 Å². The van der Waals surface area contributed by atoms with Crippen molar-refractivity contribution in [1.82, 2.24) is 0 Å². The van der Waals surface area contributed by atoms with E-state index >= 15 is 0 Å². The second-order valence-corrected chi connectivity index (χ2v) is 17.4. The summed E-state index contributed by atoms with van der Waals surface area (Å²) in [5, 5.41) is 0. The molecule has 263 valence electrons. The van der Waals surface area contributed by atoms with Crippen LogP contribution in [0.4, 0.5) is 11.4 Å². The van der Waals surface area contributed by atoms with Crippen LogP contribution in [0, 0.1) is 6.54 Å². The van der Waals surface area contributed by atoms with E-state index in [1.165, 1.54) is 44.8 Å². The summed E-state index contributed by atoms with van der Waals surface area (Å²) in [6, 6.07) is 43.2. The second kappa shape index (κ2) is 17.8. The monoisotopic (exact) mass is 898 g/mol. The molecular formula is C44H47Br2ClN2Ru-. The van der Waals surface area contributed by atoms with Crippen LogP contribution in [0.3, 0.4) is 0 Å². The van der Waals surface area contributed by atoms with E-state index in [0.717, 1.165) is 41.3 Å². The number of benzene rings is 5. The Morgan fingerprint density at radius 2 is 1.28 bits per heavy atom. The van der Waals surface area contributed by atoms with Gasteiger partial charge in [-0.15, -0.1) is 5.41 Å². The minimum atomic E-state index is -0.241. The molecule has 0 N–H and O–H groups in total. The maximum absolute atomic E-state index is 6.03. The molecule has 1 heterocycles. The summed E-state index contributed by atoms with van der Waals surface area (Å²) in [6.45, 7) is 15.8. The Bertz CT molecular complexity index is 1840. The molecule has 0 saturated carbocycles. The number of rotatable bonds is 10. The summed E-state index contributed by atoms with van der Waals surface area (Å²) in [4.78, 5) is 4.96. The zero-order chi connectivity index (χ0) is 35.7. The van der Waals surface area contributed by atoms with E-state index in [4.69, 9.17) is 9.69 Å². The van der Waals surface area contributed by atoms with Crippen molar-refractivity contribution in [3.05, 3.63) is 170 Å². The van der Waals surface area contributed by atoms with Gasteiger partial charge in [-0.3, -0.25) is 0 Å². The number of para-hydroxylation sites is 1. The molecule has 1 aliphatic heterocycles. The first kappa shape index (κ1) is 38.7. The van der Waals surface area contributed by atoms with Crippen LogP contribution in [-0.4, -0.2) is 10.1 Å². The van der Waals surface area contributed by atoms with Gasteiger partial charge in [0.2, 0.25) is 0 Å². The molecule has 0 spiro atoms. The maximum atomic E-state index is 6.03. The number of aryl methyl sites for hydroxylation is 2. The van der Waals surface area contributed by atoms with Crippen LogP contribution in [-0.2, 0) is 47.0 Å². The fraction of sp³-hybridized carbons (Fsp3) is 0.273. The van der Waals surface area contributed by atoms with Crippen LogP contribution in [0.1, 0.15) is 74.4 Å². The molecule has 0 radical (unpaired) electrons. The first-order valence-corrected chi connectivity index (χ1v) is 22.1. The average Bonchev–Trinajstić information content (AvgIpc) is 3.39. The molecule has 1 fully saturated rings. The van der Waals surface area contributed by atoms with Gasteiger partial charge in [0.05, 0.1) is 0 Å². The fourth-order valence-corrected chi connectivity index (χ4v) is 8.82. The quantitative estimate of drug-likeness (QED) is 0.102. The Hall–Kier alpha value is -2.56. The average molecular weight is 900 g/mol. The molecule has 2 nitrogen and oxygen atoms in total. The number of hydrogen-bond acceptors (Lipinski definition) is 2. The first-order chi connectivity index (χ1) is 24.1. The van der Waals surface area contributed by atoms with Crippen molar-refractivity contribution in [1.29, 1.82) is 0 Å². The molecule has 1 unspecified atom stereocenters. The van der Waals surface area contributed by atoms with Crippen molar-refractivity contribution in [2.45, 2.75) is 77.9 Å². The van der Waals surface area contributed by atoms with Gasteiger partial charge in [0.1, 0.15) is 0 Å². The summed E-state index contributed by atoms with van der Waals surface area (Å²) in [5.74, 6) is 0. The molecule has 1 saturated heterocycles. The molecule has 0 bridgehead atoms. The van der Waals surface area contributed by atoms with Gasteiger partial charge in [0.25, 0.3) is 0 Å². The molecule has 5 aromatic carbocycles. The van der Waals surface area contributed by atoms with Crippen molar-refractivity contribution in [3.8, 4) is 0 Å². The van der Waals surface area contributed by atoms with Gasteiger partial charge in [-0.2, -0.15) is 0 Å². The van der Waals surface area contributed by atoms with Crippen LogP contribution >= 0.6 is 41.6 Å². The van der Waals surface area contributed by atoms with E-state index < -0.39 is 0 Å².